The molecule has 4 rings (SSSR count). The van der Waals surface area contributed by atoms with Gasteiger partial charge in [0.05, 0.1) is 27.2 Å². The zero-order valence-corrected chi connectivity index (χ0v) is 24.4. The number of nitrogens with one attached hydrogen (secondary N) is 2. The van der Waals surface area contributed by atoms with E-state index in [0.29, 0.717) is 33.7 Å². The van der Waals surface area contributed by atoms with Crippen molar-refractivity contribution >= 4 is 75.4 Å². The van der Waals surface area contributed by atoms with Gasteiger partial charge in [-0.3, -0.25) is 24.1 Å². The van der Waals surface area contributed by atoms with Crippen LogP contribution in [0, 0.1) is 6.92 Å². The molecule has 0 aromatic heterocycles. The van der Waals surface area contributed by atoms with E-state index in [1.807, 2.05) is 19.1 Å². The number of halogens is 2. The number of thioether (sulfide) groups is 1. The van der Waals surface area contributed by atoms with E-state index >= 15 is 0 Å². The molecule has 1 aliphatic rings. The Morgan fingerprint density at radius 3 is 2.39 bits per heavy atom. The molecule has 3 aromatic carbocycles. The van der Waals surface area contributed by atoms with Crippen molar-refractivity contribution in [3.05, 3.63) is 86.7 Å². The first-order valence-corrected chi connectivity index (χ1v) is 14.0. The standard InChI is InChI=1S/C29H25Cl2N3O6S/c1-3-39-23-13-18(12-21(31)27(23)40-16-26(36)32-19-10-8-17(2)9-11-19)14-24-28(37)34(29(38)41-24)15-25(35)33-22-7-5-4-6-20(22)30/h4-14H,3,15-16H2,1-2H3,(H,32,36)(H,33,35)/b24-14+. The first-order valence-electron chi connectivity index (χ1n) is 12.4. The second-order valence-electron chi connectivity index (χ2n) is 8.76. The molecule has 1 aliphatic heterocycles. The highest BCUT2D eigenvalue weighted by atomic mass is 35.5. The van der Waals surface area contributed by atoms with Gasteiger partial charge in [0.1, 0.15) is 6.54 Å². The van der Waals surface area contributed by atoms with Crippen LogP contribution in [-0.4, -0.2) is 47.6 Å². The molecule has 41 heavy (non-hydrogen) atoms. The van der Waals surface area contributed by atoms with Crippen molar-refractivity contribution in [2.75, 3.05) is 30.4 Å². The van der Waals surface area contributed by atoms with Crippen LogP contribution in [0.4, 0.5) is 16.2 Å². The molecule has 0 unspecified atom stereocenters. The van der Waals surface area contributed by atoms with E-state index < -0.39 is 23.6 Å². The number of para-hydroxylation sites is 1. The Morgan fingerprint density at radius 1 is 0.951 bits per heavy atom. The number of aryl methyl sites for hydroxylation is 1. The van der Waals surface area contributed by atoms with Gasteiger partial charge in [-0.1, -0.05) is 53.0 Å². The highest BCUT2D eigenvalue weighted by Crippen LogP contribution is 2.39. The van der Waals surface area contributed by atoms with Gasteiger partial charge in [-0.05, 0) is 73.6 Å². The molecule has 1 heterocycles. The van der Waals surface area contributed by atoms with Crippen LogP contribution < -0.4 is 20.1 Å². The number of ether oxygens (including phenoxy) is 2. The number of carbonyl (C=O) groups excluding carboxylic acids is 4. The molecule has 4 amide bonds. The lowest BCUT2D eigenvalue weighted by Gasteiger charge is -2.15. The number of carbonyl (C=O) groups is 4. The largest absolute Gasteiger partial charge is 0.490 e. The van der Waals surface area contributed by atoms with Crippen molar-refractivity contribution in [1.82, 2.24) is 4.90 Å². The number of benzene rings is 3. The highest BCUT2D eigenvalue weighted by molar-refractivity contribution is 8.18. The van der Waals surface area contributed by atoms with Gasteiger partial charge in [0.2, 0.25) is 5.91 Å². The minimum atomic E-state index is -0.628. The summed E-state index contributed by atoms with van der Waals surface area (Å²) >= 11 is 13.2. The van der Waals surface area contributed by atoms with Crippen molar-refractivity contribution < 1.29 is 28.7 Å². The van der Waals surface area contributed by atoms with Crippen LogP contribution in [0.1, 0.15) is 18.1 Å². The molecule has 0 aliphatic carbocycles. The van der Waals surface area contributed by atoms with E-state index in [-0.39, 0.29) is 40.5 Å². The number of anilines is 2. The van der Waals surface area contributed by atoms with Crippen LogP contribution in [0.25, 0.3) is 6.08 Å². The third-order valence-electron chi connectivity index (χ3n) is 5.64. The van der Waals surface area contributed by atoms with Gasteiger partial charge in [0.25, 0.3) is 17.1 Å². The normalized spacial score (nSPS) is 13.9. The molecule has 1 saturated heterocycles. The number of rotatable bonds is 10. The van der Waals surface area contributed by atoms with Gasteiger partial charge in [-0.2, -0.15) is 0 Å². The first kappa shape index (κ1) is 30.0. The molecule has 0 radical (unpaired) electrons. The van der Waals surface area contributed by atoms with Crippen molar-refractivity contribution in [2.45, 2.75) is 13.8 Å². The first-order chi connectivity index (χ1) is 19.6. The maximum atomic E-state index is 13.0. The molecule has 9 nitrogen and oxygen atoms in total. The van der Waals surface area contributed by atoms with Crippen molar-refractivity contribution in [3.8, 4) is 11.5 Å². The lowest BCUT2D eigenvalue weighted by Crippen LogP contribution is -2.36. The molecule has 1 fully saturated rings. The molecule has 0 atom stereocenters. The fourth-order valence-corrected chi connectivity index (χ4v) is 5.02. The summed E-state index contributed by atoms with van der Waals surface area (Å²) in [5.74, 6) is -1.17. The third-order valence-corrected chi connectivity index (χ3v) is 7.15. The Balaban J connectivity index is 1.45. The molecule has 0 spiro atoms. The molecule has 0 saturated carbocycles. The minimum absolute atomic E-state index is 0.102. The van der Waals surface area contributed by atoms with Gasteiger partial charge in [-0.25, -0.2) is 0 Å². The highest BCUT2D eigenvalue weighted by Gasteiger charge is 2.36. The minimum Gasteiger partial charge on any atom is -0.490 e. The van der Waals surface area contributed by atoms with E-state index in [4.69, 9.17) is 32.7 Å². The van der Waals surface area contributed by atoms with Crippen LogP contribution in [0.5, 0.6) is 11.5 Å². The summed E-state index contributed by atoms with van der Waals surface area (Å²) in [7, 11) is 0. The van der Waals surface area contributed by atoms with Crippen LogP contribution in [-0.2, 0) is 14.4 Å². The maximum Gasteiger partial charge on any atom is 0.294 e. The number of hydrogen-bond donors (Lipinski definition) is 2. The average molecular weight is 615 g/mol. The number of hydrogen-bond acceptors (Lipinski definition) is 7. The predicted molar refractivity (Wildman–Crippen MR) is 161 cm³/mol. The fraction of sp³-hybridized carbons (Fsp3) is 0.172. The summed E-state index contributed by atoms with van der Waals surface area (Å²) in [4.78, 5) is 51.3. The molecular formula is C29H25Cl2N3O6S. The lowest BCUT2D eigenvalue weighted by atomic mass is 10.1. The fourth-order valence-electron chi connectivity index (χ4n) is 3.73. The summed E-state index contributed by atoms with van der Waals surface area (Å²) in [5.41, 5.74) is 2.53. The maximum absolute atomic E-state index is 13.0. The Kier molecular flexibility index (Phi) is 9.93. The lowest BCUT2D eigenvalue weighted by molar-refractivity contribution is -0.127. The van der Waals surface area contributed by atoms with Crippen molar-refractivity contribution in [2.24, 2.45) is 0 Å². The van der Waals surface area contributed by atoms with E-state index in [9.17, 15) is 19.2 Å². The van der Waals surface area contributed by atoms with Gasteiger partial charge >= 0.3 is 0 Å². The zero-order valence-electron chi connectivity index (χ0n) is 22.0. The van der Waals surface area contributed by atoms with E-state index in [2.05, 4.69) is 10.6 Å². The Bertz CT molecular complexity index is 1530. The summed E-state index contributed by atoms with van der Waals surface area (Å²) in [6.07, 6.45) is 1.47. The average Bonchev–Trinajstić information content (AvgIpc) is 3.18. The van der Waals surface area contributed by atoms with Crippen molar-refractivity contribution in [3.63, 3.8) is 0 Å². The molecular weight excluding hydrogens is 589 g/mol. The van der Waals surface area contributed by atoms with Gasteiger partial charge in [-0.15, -0.1) is 0 Å². The smallest absolute Gasteiger partial charge is 0.294 e. The summed E-state index contributed by atoms with van der Waals surface area (Å²) in [5, 5.41) is 5.22. The van der Waals surface area contributed by atoms with Crippen LogP contribution in [0.15, 0.2) is 65.6 Å². The zero-order chi connectivity index (χ0) is 29.5. The second kappa shape index (κ2) is 13.6. The third kappa shape index (κ3) is 7.81. The van der Waals surface area contributed by atoms with Crippen LogP contribution >= 0.6 is 35.0 Å². The summed E-state index contributed by atoms with van der Waals surface area (Å²) in [6.45, 7) is 3.21. The number of nitrogens with zero attached hydrogens (tertiary/aromatic N) is 1. The topological polar surface area (TPSA) is 114 Å². The molecule has 3 aromatic rings. The molecule has 2 N–H and O–H groups in total. The second-order valence-corrected chi connectivity index (χ2v) is 10.6. The summed E-state index contributed by atoms with van der Waals surface area (Å²) < 4.78 is 11.4. The number of amides is 4. The molecule has 12 heteroatoms. The van der Waals surface area contributed by atoms with E-state index in [1.165, 1.54) is 12.1 Å². The monoisotopic (exact) mass is 613 g/mol. The van der Waals surface area contributed by atoms with Gasteiger partial charge in [0, 0.05) is 5.69 Å². The molecule has 212 valence electrons. The predicted octanol–water partition coefficient (Wildman–Crippen LogP) is 6.39. The van der Waals surface area contributed by atoms with E-state index in [1.54, 1.807) is 49.4 Å². The van der Waals surface area contributed by atoms with Crippen molar-refractivity contribution in [1.29, 1.82) is 0 Å². The van der Waals surface area contributed by atoms with Gasteiger partial charge < -0.3 is 20.1 Å². The number of imide groups is 1. The Hall–Kier alpha value is -3.99. The summed E-state index contributed by atoms with van der Waals surface area (Å²) in [6, 6.07) is 17.1. The van der Waals surface area contributed by atoms with Gasteiger partial charge in [0.15, 0.2) is 18.1 Å². The Labute approximate surface area is 250 Å². The van der Waals surface area contributed by atoms with Crippen LogP contribution in [0.2, 0.25) is 10.0 Å². The molecule has 0 bridgehead atoms. The quantitative estimate of drug-likeness (QED) is 0.254. The van der Waals surface area contributed by atoms with E-state index in [0.717, 1.165) is 10.5 Å². The van der Waals surface area contributed by atoms with Crippen LogP contribution in [0.3, 0.4) is 0 Å². The Morgan fingerprint density at radius 2 is 1.68 bits per heavy atom. The SMILES string of the molecule is CCOc1cc(/C=C2/SC(=O)N(CC(=O)Nc3ccccc3Cl)C2=O)cc(Cl)c1OCC(=O)Nc1ccc(C)cc1.